The number of ether oxygens (including phenoxy) is 1. The lowest BCUT2D eigenvalue weighted by atomic mass is 10.1. The SMILES string of the molecule is CC(C)CCC(=O)OCC(=O)Nc1cc(Cl)c(Cl)cc1Cl. The van der Waals surface area contributed by atoms with E-state index < -0.39 is 11.9 Å². The van der Waals surface area contributed by atoms with Crippen molar-refractivity contribution < 1.29 is 14.3 Å². The number of benzene rings is 1. The highest BCUT2D eigenvalue weighted by Crippen LogP contribution is 2.32. The van der Waals surface area contributed by atoms with E-state index in [-0.39, 0.29) is 16.7 Å². The van der Waals surface area contributed by atoms with Gasteiger partial charge in [-0.15, -0.1) is 0 Å². The van der Waals surface area contributed by atoms with Crippen molar-refractivity contribution in [2.45, 2.75) is 26.7 Å². The molecule has 4 nitrogen and oxygen atoms in total. The van der Waals surface area contributed by atoms with Gasteiger partial charge in [-0.1, -0.05) is 48.7 Å². The van der Waals surface area contributed by atoms with Gasteiger partial charge in [0.2, 0.25) is 0 Å². The van der Waals surface area contributed by atoms with Crippen molar-refractivity contribution in [1.29, 1.82) is 0 Å². The molecule has 0 saturated carbocycles. The molecule has 0 aliphatic heterocycles. The van der Waals surface area contributed by atoms with Gasteiger partial charge in [0.25, 0.3) is 5.91 Å². The third-order valence-corrected chi connectivity index (χ3v) is 3.61. The number of nitrogens with one attached hydrogen (secondary N) is 1. The van der Waals surface area contributed by atoms with E-state index in [1.807, 2.05) is 13.8 Å². The summed E-state index contributed by atoms with van der Waals surface area (Å²) in [5.41, 5.74) is 0.314. The van der Waals surface area contributed by atoms with Crippen molar-refractivity contribution in [2.24, 2.45) is 5.92 Å². The zero-order valence-electron chi connectivity index (χ0n) is 11.7. The largest absolute Gasteiger partial charge is 0.456 e. The van der Waals surface area contributed by atoms with E-state index in [2.05, 4.69) is 5.32 Å². The molecular formula is C14H16Cl3NO3. The molecule has 0 aromatic heterocycles. The molecule has 1 aromatic rings. The van der Waals surface area contributed by atoms with Crippen LogP contribution < -0.4 is 5.32 Å². The second-order valence-corrected chi connectivity index (χ2v) is 6.11. The van der Waals surface area contributed by atoms with Crippen LogP contribution in [0.4, 0.5) is 5.69 Å². The standard InChI is InChI=1S/C14H16Cl3NO3/c1-8(2)3-4-14(20)21-7-13(19)18-12-6-10(16)9(15)5-11(12)17/h5-6,8H,3-4,7H2,1-2H3,(H,18,19). The minimum absolute atomic E-state index is 0.254. The fourth-order valence-electron chi connectivity index (χ4n) is 1.43. The molecule has 1 rings (SSSR count). The van der Waals surface area contributed by atoms with Crippen LogP contribution in [0.25, 0.3) is 0 Å². The van der Waals surface area contributed by atoms with Crippen LogP contribution in [0.3, 0.4) is 0 Å². The molecule has 0 aliphatic carbocycles. The Morgan fingerprint density at radius 1 is 1.14 bits per heavy atom. The normalized spacial score (nSPS) is 10.6. The van der Waals surface area contributed by atoms with Crippen molar-refractivity contribution >= 4 is 52.4 Å². The minimum Gasteiger partial charge on any atom is -0.456 e. The van der Waals surface area contributed by atoms with Crippen LogP contribution in [0.1, 0.15) is 26.7 Å². The van der Waals surface area contributed by atoms with Gasteiger partial charge < -0.3 is 10.1 Å². The van der Waals surface area contributed by atoms with Crippen LogP contribution in [-0.4, -0.2) is 18.5 Å². The van der Waals surface area contributed by atoms with Gasteiger partial charge in [0, 0.05) is 6.42 Å². The van der Waals surface area contributed by atoms with Crippen molar-refractivity contribution in [3.8, 4) is 0 Å². The maximum absolute atomic E-state index is 11.7. The first-order valence-electron chi connectivity index (χ1n) is 6.39. The van der Waals surface area contributed by atoms with E-state index in [0.717, 1.165) is 6.42 Å². The molecule has 0 spiro atoms. The molecule has 1 N–H and O–H groups in total. The predicted octanol–water partition coefficient (Wildman–Crippen LogP) is 4.56. The summed E-state index contributed by atoms with van der Waals surface area (Å²) in [4.78, 5) is 23.1. The lowest BCUT2D eigenvalue weighted by Gasteiger charge is -2.09. The van der Waals surface area contributed by atoms with E-state index >= 15 is 0 Å². The number of anilines is 1. The van der Waals surface area contributed by atoms with Crippen LogP contribution >= 0.6 is 34.8 Å². The van der Waals surface area contributed by atoms with Crippen LogP contribution in [0, 0.1) is 5.92 Å². The van der Waals surface area contributed by atoms with Gasteiger partial charge in [0.15, 0.2) is 6.61 Å². The Balaban J connectivity index is 2.47. The maximum atomic E-state index is 11.7. The summed E-state index contributed by atoms with van der Waals surface area (Å²) in [5, 5.41) is 3.32. The first-order chi connectivity index (χ1) is 9.79. The van der Waals surface area contributed by atoms with E-state index in [1.165, 1.54) is 12.1 Å². The highest BCUT2D eigenvalue weighted by molar-refractivity contribution is 6.44. The summed E-state index contributed by atoms with van der Waals surface area (Å²) in [6.07, 6.45) is 1.01. The summed E-state index contributed by atoms with van der Waals surface area (Å²) in [7, 11) is 0. The monoisotopic (exact) mass is 351 g/mol. The summed E-state index contributed by atoms with van der Waals surface area (Å²) in [6, 6.07) is 2.86. The number of esters is 1. The van der Waals surface area contributed by atoms with Gasteiger partial charge in [0.1, 0.15) is 0 Å². The van der Waals surface area contributed by atoms with E-state index in [1.54, 1.807) is 0 Å². The third-order valence-electron chi connectivity index (χ3n) is 2.57. The molecule has 116 valence electrons. The Bertz CT molecular complexity index is 532. The number of carbonyl (C=O) groups excluding carboxylic acids is 2. The van der Waals surface area contributed by atoms with E-state index in [9.17, 15) is 9.59 Å². The second-order valence-electron chi connectivity index (χ2n) is 4.89. The van der Waals surface area contributed by atoms with E-state index in [0.29, 0.717) is 23.0 Å². The number of amides is 1. The average molecular weight is 353 g/mol. The molecule has 0 bridgehead atoms. The van der Waals surface area contributed by atoms with Gasteiger partial charge in [-0.05, 0) is 24.5 Å². The Morgan fingerprint density at radius 2 is 1.76 bits per heavy atom. The third kappa shape index (κ3) is 6.55. The summed E-state index contributed by atoms with van der Waals surface area (Å²) in [6.45, 7) is 3.64. The lowest BCUT2D eigenvalue weighted by molar-refractivity contribution is -0.147. The first-order valence-corrected chi connectivity index (χ1v) is 7.53. The zero-order chi connectivity index (χ0) is 16.0. The Morgan fingerprint density at radius 3 is 2.38 bits per heavy atom. The molecule has 0 atom stereocenters. The molecule has 1 amide bonds. The summed E-state index contributed by atoms with van der Waals surface area (Å²) >= 11 is 17.6. The lowest BCUT2D eigenvalue weighted by Crippen LogP contribution is -2.21. The van der Waals surface area contributed by atoms with Gasteiger partial charge >= 0.3 is 5.97 Å². The number of carbonyl (C=O) groups is 2. The number of halogens is 3. The maximum Gasteiger partial charge on any atom is 0.306 e. The van der Waals surface area contributed by atoms with Gasteiger partial charge in [0.05, 0.1) is 20.8 Å². The molecule has 7 heteroatoms. The predicted molar refractivity (Wildman–Crippen MR) is 85.1 cm³/mol. The fourth-order valence-corrected chi connectivity index (χ4v) is 2.02. The smallest absolute Gasteiger partial charge is 0.306 e. The molecule has 0 radical (unpaired) electrons. The van der Waals surface area contributed by atoms with Crippen molar-refractivity contribution in [3.63, 3.8) is 0 Å². The molecule has 0 heterocycles. The van der Waals surface area contributed by atoms with Gasteiger partial charge in [-0.2, -0.15) is 0 Å². The Kier molecular flexibility index (Phi) is 7.29. The molecule has 0 unspecified atom stereocenters. The van der Waals surface area contributed by atoms with Crippen LogP contribution in [-0.2, 0) is 14.3 Å². The van der Waals surface area contributed by atoms with Gasteiger partial charge in [-0.3, -0.25) is 9.59 Å². The Hall–Kier alpha value is -0.970. The minimum atomic E-state index is -0.492. The number of hydrogen-bond donors (Lipinski definition) is 1. The van der Waals surface area contributed by atoms with Crippen LogP contribution in [0.15, 0.2) is 12.1 Å². The first kappa shape index (κ1) is 18.1. The average Bonchev–Trinajstić information content (AvgIpc) is 2.40. The molecule has 0 saturated heterocycles. The van der Waals surface area contributed by atoms with Crippen LogP contribution in [0.2, 0.25) is 15.1 Å². The summed E-state index contributed by atoms with van der Waals surface area (Å²) < 4.78 is 4.87. The second kappa shape index (κ2) is 8.47. The summed E-state index contributed by atoms with van der Waals surface area (Å²) in [5.74, 6) is -0.492. The quantitative estimate of drug-likeness (QED) is 0.603. The van der Waals surface area contributed by atoms with Crippen molar-refractivity contribution in [3.05, 3.63) is 27.2 Å². The Labute approximate surface area is 138 Å². The molecule has 21 heavy (non-hydrogen) atoms. The molecular weight excluding hydrogens is 337 g/mol. The molecule has 1 aromatic carbocycles. The zero-order valence-corrected chi connectivity index (χ0v) is 14.0. The number of rotatable bonds is 6. The molecule has 0 aliphatic rings. The van der Waals surface area contributed by atoms with Crippen LogP contribution in [0.5, 0.6) is 0 Å². The van der Waals surface area contributed by atoms with Crippen molar-refractivity contribution in [2.75, 3.05) is 11.9 Å². The van der Waals surface area contributed by atoms with Gasteiger partial charge in [-0.25, -0.2) is 0 Å². The van der Waals surface area contributed by atoms with Crippen molar-refractivity contribution in [1.82, 2.24) is 0 Å². The number of hydrogen-bond acceptors (Lipinski definition) is 3. The highest BCUT2D eigenvalue weighted by atomic mass is 35.5. The fraction of sp³-hybridized carbons (Fsp3) is 0.429. The molecule has 0 fully saturated rings. The van der Waals surface area contributed by atoms with E-state index in [4.69, 9.17) is 39.5 Å². The topological polar surface area (TPSA) is 55.4 Å². The highest BCUT2D eigenvalue weighted by Gasteiger charge is 2.12.